The van der Waals surface area contributed by atoms with Crippen LogP contribution < -0.4 is 5.32 Å². The third-order valence-corrected chi connectivity index (χ3v) is 5.79. The van der Waals surface area contributed by atoms with Gasteiger partial charge in [0, 0.05) is 37.8 Å². The zero-order valence-electron chi connectivity index (χ0n) is 15.5. The van der Waals surface area contributed by atoms with Gasteiger partial charge in [-0.25, -0.2) is 9.97 Å². The van der Waals surface area contributed by atoms with Gasteiger partial charge in [0.25, 0.3) is 5.91 Å². The molecule has 146 valence electrons. The molecule has 1 atom stereocenters. The Kier molecular flexibility index (Phi) is 5.87. The zero-order chi connectivity index (χ0) is 19.3. The fourth-order valence-electron chi connectivity index (χ4n) is 3.43. The Labute approximate surface area is 167 Å². The highest BCUT2D eigenvalue weighted by Crippen LogP contribution is 2.24. The van der Waals surface area contributed by atoms with E-state index in [9.17, 15) is 9.59 Å². The van der Waals surface area contributed by atoms with Crippen LogP contribution >= 0.6 is 11.8 Å². The number of amides is 2. The molecule has 1 fully saturated rings. The molecule has 7 nitrogen and oxygen atoms in total. The highest BCUT2D eigenvalue weighted by molar-refractivity contribution is 7.99. The second-order valence-electron chi connectivity index (χ2n) is 6.86. The minimum absolute atomic E-state index is 0.0666. The highest BCUT2D eigenvalue weighted by atomic mass is 32.2. The minimum atomic E-state index is -0.355. The minimum Gasteiger partial charge on any atom is -0.368 e. The lowest BCUT2D eigenvalue weighted by molar-refractivity contribution is -0.129. The summed E-state index contributed by atoms with van der Waals surface area (Å²) in [6.45, 7) is 1.89. The number of aromatic nitrogens is 2. The molecule has 1 saturated heterocycles. The average Bonchev–Trinajstić information content (AvgIpc) is 3.27. The van der Waals surface area contributed by atoms with Crippen molar-refractivity contribution >= 4 is 29.3 Å². The summed E-state index contributed by atoms with van der Waals surface area (Å²) in [6.07, 6.45) is 5.49. The molecule has 2 amide bonds. The first-order chi connectivity index (χ1) is 13.7. The van der Waals surface area contributed by atoms with E-state index in [1.807, 2.05) is 23.1 Å². The van der Waals surface area contributed by atoms with E-state index in [0.717, 1.165) is 30.5 Å². The van der Waals surface area contributed by atoms with Gasteiger partial charge in [-0.3, -0.25) is 9.59 Å². The molecule has 0 saturated carbocycles. The van der Waals surface area contributed by atoms with Crippen LogP contribution in [0.4, 0.5) is 5.69 Å². The number of rotatable bonds is 5. The van der Waals surface area contributed by atoms with Gasteiger partial charge in [-0.2, -0.15) is 0 Å². The molecule has 2 aromatic rings. The smallest absolute Gasteiger partial charge is 0.253 e. The molecule has 1 aromatic heterocycles. The van der Waals surface area contributed by atoms with Crippen molar-refractivity contribution in [2.24, 2.45) is 0 Å². The second-order valence-corrected chi connectivity index (χ2v) is 7.80. The monoisotopic (exact) mass is 398 g/mol. The number of hydrogen-bond donors (Lipinski definition) is 1. The van der Waals surface area contributed by atoms with Crippen molar-refractivity contribution in [1.82, 2.24) is 14.9 Å². The molecule has 1 aromatic carbocycles. The lowest BCUT2D eigenvalue weighted by atomic mass is 9.99. The molecule has 0 radical (unpaired) electrons. The summed E-state index contributed by atoms with van der Waals surface area (Å²) in [5.41, 5.74) is 3.05. The van der Waals surface area contributed by atoms with E-state index in [2.05, 4.69) is 15.3 Å². The maximum atomic E-state index is 12.6. The molecular formula is C20H22N4O3S. The van der Waals surface area contributed by atoms with Crippen LogP contribution in [0.15, 0.2) is 41.8 Å². The predicted octanol–water partition coefficient (Wildman–Crippen LogP) is 2.27. The van der Waals surface area contributed by atoms with Crippen LogP contribution in [-0.4, -0.2) is 51.7 Å². The molecule has 4 rings (SSSR count). The van der Waals surface area contributed by atoms with Gasteiger partial charge in [-0.1, -0.05) is 17.8 Å². The van der Waals surface area contributed by atoms with E-state index in [-0.39, 0.29) is 17.9 Å². The number of fused-ring (bicyclic) bond motifs is 1. The summed E-state index contributed by atoms with van der Waals surface area (Å²) in [5, 5.41) is 3.54. The molecule has 0 spiro atoms. The Bertz CT molecular complexity index is 856. The van der Waals surface area contributed by atoms with Gasteiger partial charge in [-0.15, -0.1) is 0 Å². The molecule has 0 unspecified atom stereocenters. The third kappa shape index (κ3) is 4.51. The Morgan fingerprint density at radius 1 is 1.25 bits per heavy atom. The van der Waals surface area contributed by atoms with Crippen molar-refractivity contribution in [2.75, 3.05) is 24.2 Å². The highest BCUT2D eigenvalue weighted by Gasteiger charge is 2.25. The molecule has 0 aliphatic carbocycles. The van der Waals surface area contributed by atoms with Crippen molar-refractivity contribution in [3.05, 3.63) is 47.8 Å². The van der Waals surface area contributed by atoms with Gasteiger partial charge in [0.1, 0.15) is 6.10 Å². The number of carbonyl (C=O) groups excluding carboxylic acids is 2. The molecule has 2 aliphatic heterocycles. The lowest BCUT2D eigenvalue weighted by Crippen LogP contribution is -2.37. The maximum Gasteiger partial charge on any atom is 0.253 e. The van der Waals surface area contributed by atoms with Gasteiger partial charge >= 0.3 is 0 Å². The van der Waals surface area contributed by atoms with Crippen LogP contribution in [0.1, 0.15) is 24.0 Å². The molecular weight excluding hydrogens is 376 g/mol. The third-order valence-electron chi connectivity index (χ3n) is 4.93. The number of thioether (sulfide) groups is 1. The molecule has 3 heterocycles. The van der Waals surface area contributed by atoms with Crippen molar-refractivity contribution < 1.29 is 14.3 Å². The van der Waals surface area contributed by atoms with E-state index >= 15 is 0 Å². The van der Waals surface area contributed by atoms with Crippen molar-refractivity contribution in [3.63, 3.8) is 0 Å². The van der Waals surface area contributed by atoms with Gasteiger partial charge < -0.3 is 15.0 Å². The maximum absolute atomic E-state index is 12.6. The van der Waals surface area contributed by atoms with Gasteiger partial charge in [0.2, 0.25) is 5.91 Å². The Balaban J connectivity index is 1.36. The number of anilines is 1. The lowest BCUT2D eigenvalue weighted by Gasteiger charge is -2.29. The summed E-state index contributed by atoms with van der Waals surface area (Å²) in [4.78, 5) is 35.0. The molecule has 8 heteroatoms. The zero-order valence-corrected chi connectivity index (χ0v) is 16.3. The largest absolute Gasteiger partial charge is 0.368 e. The Hall–Kier alpha value is -2.45. The van der Waals surface area contributed by atoms with Crippen LogP contribution in [0.5, 0.6) is 0 Å². The Morgan fingerprint density at radius 3 is 2.89 bits per heavy atom. The van der Waals surface area contributed by atoms with E-state index in [1.165, 1.54) is 17.3 Å². The first-order valence-corrected chi connectivity index (χ1v) is 10.4. The fourth-order valence-corrected chi connectivity index (χ4v) is 4.14. The SMILES string of the molecule is O=C(Nc1ccc2c(c1)CN(C(=O)CSc1ncccn1)CC2)[C@H]1CCCO1. The number of hydrogen-bond acceptors (Lipinski definition) is 6. The van der Waals surface area contributed by atoms with Gasteiger partial charge in [0.15, 0.2) is 5.16 Å². The van der Waals surface area contributed by atoms with Crippen molar-refractivity contribution in [1.29, 1.82) is 0 Å². The number of benzene rings is 1. The molecule has 1 N–H and O–H groups in total. The normalized spacial score (nSPS) is 18.6. The number of nitrogens with zero attached hydrogens (tertiary/aromatic N) is 3. The summed E-state index contributed by atoms with van der Waals surface area (Å²) in [5.74, 6) is 0.284. The van der Waals surface area contributed by atoms with E-state index < -0.39 is 0 Å². The summed E-state index contributed by atoms with van der Waals surface area (Å²) in [6, 6.07) is 7.68. The van der Waals surface area contributed by atoms with Gasteiger partial charge in [0.05, 0.1) is 5.75 Å². The summed E-state index contributed by atoms with van der Waals surface area (Å²) < 4.78 is 5.43. The van der Waals surface area contributed by atoms with E-state index in [0.29, 0.717) is 30.6 Å². The summed E-state index contributed by atoms with van der Waals surface area (Å²) in [7, 11) is 0. The van der Waals surface area contributed by atoms with Crippen LogP contribution in [-0.2, 0) is 27.3 Å². The second kappa shape index (κ2) is 8.70. The molecule has 0 bridgehead atoms. The van der Waals surface area contributed by atoms with Crippen molar-refractivity contribution in [2.45, 2.75) is 37.1 Å². The number of ether oxygens (including phenoxy) is 1. The van der Waals surface area contributed by atoms with Gasteiger partial charge in [-0.05, 0) is 48.6 Å². The number of carbonyl (C=O) groups is 2. The van der Waals surface area contributed by atoms with Crippen LogP contribution in [0, 0.1) is 0 Å². The molecule has 2 aliphatic rings. The topological polar surface area (TPSA) is 84.4 Å². The fraction of sp³-hybridized carbons (Fsp3) is 0.400. The quantitative estimate of drug-likeness (QED) is 0.614. The standard InChI is InChI=1S/C20H22N4O3S/c25-18(13-28-20-21-7-2-8-22-20)24-9-6-14-4-5-16(11-15(14)12-24)23-19(26)17-3-1-10-27-17/h2,4-5,7-8,11,17H,1,3,6,9-10,12-13H2,(H,23,26)/t17-/m1/s1. The Morgan fingerprint density at radius 2 is 2.11 bits per heavy atom. The average molecular weight is 398 g/mol. The first kappa shape index (κ1) is 18.9. The van der Waals surface area contributed by atoms with Crippen LogP contribution in [0.3, 0.4) is 0 Å². The summed E-state index contributed by atoms with van der Waals surface area (Å²) >= 11 is 1.34. The van der Waals surface area contributed by atoms with E-state index in [4.69, 9.17) is 4.74 Å². The first-order valence-electron chi connectivity index (χ1n) is 9.41. The van der Waals surface area contributed by atoms with Crippen LogP contribution in [0.25, 0.3) is 0 Å². The van der Waals surface area contributed by atoms with Crippen molar-refractivity contribution in [3.8, 4) is 0 Å². The van der Waals surface area contributed by atoms with E-state index in [1.54, 1.807) is 18.5 Å². The molecule has 28 heavy (non-hydrogen) atoms. The number of nitrogens with one attached hydrogen (secondary N) is 1. The van der Waals surface area contributed by atoms with Crippen LogP contribution in [0.2, 0.25) is 0 Å². The predicted molar refractivity (Wildman–Crippen MR) is 106 cm³/mol.